The fraction of sp³-hybridized carbons (Fsp3) is 0.600. The third-order valence-corrected chi connectivity index (χ3v) is 3.21. The lowest BCUT2D eigenvalue weighted by atomic mass is 10.1. The van der Waals surface area contributed by atoms with Crippen LogP contribution in [0.1, 0.15) is 39.2 Å². The van der Waals surface area contributed by atoms with Gasteiger partial charge in [-0.1, -0.05) is 0 Å². The molecule has 0 radical (unpaired) electrons. The number of nitrogens with one attached hydrogen (secondary N) is 1. The van der Waals surface area contributed by atoms with E-state index in [9.17, 15) is 4.39 Å². The van der Waals surface area contributed by atoms with Crippen molar-refractivity contribution in [3.05, 3.63) is 29.6 Å². The summed E-state index contributed by atoms with van der Waals surface area (Å²) in [7, 11) is 0. The molecule has 1 fully saturated rings. The van der Waals surface area contributed by atoms with Gasteiger partial charge in [-0.3, -0.25) is 0 Å². The van der Waals surface area contributed by atoms with E-state index in [0.717, 1.165) is 25.1 Å². The molecule has 0 amide bonds. The van der Waals surface area contributed by atoms with Gasteiger partial charge < -0.3 is 10.1 Å². The first kappa shape index (κ1) is 13.3. The Hall–Kier alpha value is -1.09. The minimum atomic E-state index is -0.181. The minimum Gasteiger partial charge on any atom is -0.486 e. The molecule has 0 saturated heterocycles. The predicted molar refractivity (Wildman–Crippen MR) is 71.5 cm³/mol. The van der Waals surface area contributed by atoms with Crippen LogP contribution in [0.15, 0.2) is 18.2 Å². The Morgan fingerprint density at radius 3 is 2.50 bits per heavy atom. The molecule has 1 aromatic rings. The number of rotatable bonds is 4. The van der Waals surface area contributed by atoms with Gasteiger partial charge in [0.25, 0.3) is 0 Å². The second kappa shape index (κ2) is 4.54. The van der Waals surface area contributed by atoms with E-state index in [1.54, 1.807) is 19.1 Å². The average Bonchev–Trinajstić information content (AvgIpc) is 3.01. The summed E-state index contributed by atoms with van der Waals surface area (Å²) in [5, 5.41) is 3.47. The van der Waals surface area contributed by atoms with Crippen LogP contribution < -0.4 is 10.1 Å². The highest BCUT2D eigenvalue weighted by atomic mass is 19.1. The summed E-state index contributed by atoms with van der Waals surface area (Å²) in [5.74, 6) is 0.585. The van der Waals surface area contributed by atoms with Gasteiger partial charge in [-0.25, -0.2) is 4.39 Å². The molecule has 100 valence electrons. The van der Waals surface area contributed by atoms with Crippen molar-refractivity contribution in [2.45, 2.75) is 51.7 Å². The summed E-state index contributed by atoms with van der Waals surface area (Å²) in [4.78, 5) is 0. The van der Waals surface area contributed by atoms with Gasteiger partial charge in [0.2, 0.25) is 0 Å². The van der Waals surface area contributed by atoms with E-state index in [4.69, 9.17) is 4.74 Å². The lowest BCUT2D eigenvalue weighted by Crippen LogP contribution is -2.43. The summed E-state index contributed by atoms with van der Waals surface area (Å²) in [6.07, 6.45) is 2.12. The lowest BCUT2D eigenvalue weighted by molar-refractivity contribution is 0.163. The van der Waals surface area contributed by atoms with Crippen LogP contribution in [-0.2, 0) is 0 Å². The highest BCUT2D eigenvalue weighted by Gasteiger charge is 2.45. The van der Waals surface area contributed by atoms with Gasteiger partial charge in [0.05, 0.1) is 0 Å². The van der Waals surface area contributed by atoms with Crippen LogP contribution in [0.5, 0.6) is 5.75 Å². The largest absolute Gasteiger partial charge is 0.486 e. The van der Waals surface area contributed by atoms with Crippen LogP contribution in [0.3, 0.4) is 0 Å². The Morgan fingerprint density at radius 1 is 1.33 bits per heavy atom. The normalized spacial score (nSPS) is 17.6. The van der Waals surface area contributed by atoms with E-state index >= 15 is 0 Å². The molecule has 0 bridgehead atoms. The highest BCUT2D eigenvalue weighted by Crippen LogP contribution is 2.40. The van der Waals surface area contributed by atoms with Crippen molar-refractivity contribution < 1.29 is 9.13 Å². The summed E-state index contributed by atoms with van der Waals surface area (Å²) in [6.45, 7) is 9.03. The fourth-order valence-electron chi connectivity index (χ4n) is 1.81. The number of hydrogen-bond donors (Lipinski definition) is 1. The third-order valence-electron chi connectivity index (χ3n) is 3.21. The highest BCUT2D eigenvalue weighted by molar-refractivity contribution is 5.30. The van der Waals surface area contributed by atoms with Crippen molar-refractivity contribution in [3.63, 3.8) is 0 Å². The van der Waals surface area contributed by atoms with Gasteiger partial charge in [0.15, 0.2) is 0 Å². The first-order valence-corrected chi connectivity index (χ1v) is 6.50. The standard InChI is InChI=1S/C15H22FNO/c1-11-9-12(5-6-13(11)16)18-15(7-8-15)10-17-14(2,3)4/h5-6,9,17H,7-8,10H2,1-4H3. The minimum absolute atomic E-state index is 0.0858. The Morgan fingerprint density at radius 2 is 2.00 bits per heavy atom. The van der Waals surface area contributed by atoms with Gasteiger partial charge in [0.1, 0.15) is 17.2 Å². The zero-order valence-electron chi connectivity index (χ0n) is 11.6. The molecule has 0 heterocycles. The van der Waals surface area contributed by atoms with Crippen LogP contribution in [0.4, 0.5) is 4.39 Å². The molecule has 1 aliphatic rings. The molecule has 0 atom stereocenters. The number of hydrogen-bond acceptors (Lipinski definition) is 2. The van der Waals surface area contributed by atoms with Crippen LogP contribution in [0.2, 0.25) is 0 Å². The number of aryl methyl sites for hydroxylation is 1. The van der Waals surface area contributed by atoms with E-state index in [1.807, 2.05) is 0 Å². The van der Waals surface area contributed by atoms with Crippen molar-refractivity contribution >= 4 is 0 Å². The summed E-state index contributed by atoms with van der Waals surface area (Å²) < 4.78 is 19.2. The zero-order valence-corrected chi connectivity index (χ0v) is 11.6. The maximum Gasteiger partial charge on any atom is 0.126 e. The molecule has 2 nitrogen and oxygen atoms in total. The van der Waals surface area contributed by atoms with E-state index in [-0.39, 0.29) is 17.0 Å². The van der Waals surface area contributed by atoms with E-state index < -0.39 is 0 Å². The van der Waals surface area contributed by atoms with Gasteiger partial charge in [-0.05, 0) is 64.3 Å². The van der Waals surface area contributed by atoms with E-state index in [0.29, 0.717) is 5.56 Å². The van der Waals surface area contributed by atoms with Crippen LogP contribution >= 0.6 is 0 Å². The van der Waals surface area contributed by atoms with Crippen molar-refractivity contribution in [3.8, 4) is 5.75 Å². The average molecular weight is 251 g/mol. The number of halogens is 1. The maximum absolute atomic E-state index is 13.2. The van der Waals surface area contributed by atoms with Gasteiger partial charge in [-0.2, -0.15) is 0 Å². The van der Waals surface area contributed by atoms with Crippen molar-refractivity contribution in [2.24, 2.45) is 0 Å². The number of benzene rings is 1. The molecule has 0 aliphatic heterocycles. The molecule has 0 aromatic heterocycles. The molecule has 1 N–H and O–H groups in total. The Labute approximate surface area is 109 Å². The second-order valence-corrected chi connectivity index (χ2v) is 6.30. The fourth-order valence-corrected chi connectivity index (χ4v) is 1.81. The van der Waals surface area contributed by atoms with Crippen LogP contribution in [0, 0.1) is 12.7 Å². The molecule has 0 spiro atoms. The molecular weight excluding hydrogens is 229 g/mol. The summed E-state index contributed by atoms with van der Waals surface area (Å²) in [5.41, 5.74) is 0.641. The third kappa shape index (κ3) is 3.45. The van der Waals surface area contributed by atoms with Crippen LogP contribution in [-0.4, -0.2) is 17.7 Å². The van der Waals surface area contributed by atoms with Crippen molar-refractivity contribution in [1.82, 2.24) is 5.32 Å². The van der Waals surface area contributed by atoms with Gasteiger partial charge in [-0.15, -0.1) is 0 Å². The Bertz CT molecular complexity index is 433. The molecule has 18 heavy (non-hydrogen) atoms. The molecule has 3 heteroatoms. The molecule has 0 unspecified atom stereocenters. The Kier molecular flexibility index (Phi) is 3.37. The first-order chi connectivity index (χ1) is 8.30. The van der Waals surface area contributed by atoms with E-state index in [1.165, 1.54) is 6.07 Å². The molecule has 1 saturated carbocycles. The maximum atomic E-state index is 13.2. The van der Waals surface area contributed by atoms with Crippen LogP contribution in [0.25, 0.3) is 0 Å². The lowest BCUT2D eigenvalue weighted by Gasteiger charge is -2.26. The van der Waals surface area contributed by atoms with Gasteiger partial charge in [0, 0.05) is 12.1 Å². The first-order valence-electron chi connectivity index (χ1n) is 6.50. The smallest absolute Gasteiger partial charge is 0.126 e. The second-order valence-electron chi connectivity index (χ2n) is 6.30. The van der Waals surface area contributed by atoms with Gasteiger partial charge >= 0.3 is 0 Å². The van der Waals surface area contributed by atoms with E-state index in [2.05, 4.69) is 26.1 Å². The summed E-state index contributed by atoms with van der Waals surface area (Å²) >= 11 is 0. The predicted octanol–water partition coefficient (Wildman–Crippen LogP) is 3.43. The SMILES string of the molecule is Cc1cc(OC2(CNC(C)(C)C)CC2)ccc1F. The topological polar surface area (TPSA) is 21.3 Å². The van der Waals surface area contributed by atoms with Crippen molar-refractivity contribution in [2.75, 3.05) is 6.54 Å². The molecule has 2 rings (SSSR count). The number of ether oxygens (including phenoxy) is 1. The molecule has 1 aromatic carbocycles. The molecular formula is C15H22FNO. The van der Waals surface area contributed by atoms with Crippen molar-refractivity contribution in [1.29, 1.82) is 0 Å². The summed E-state index contributed by atoms with van der Waals surface area (Å²) in [6, 6.07) is 4.95. The molecule has 1 aliphatic carbocycles. The quantitative estimate of drug-likeness (QED) is 0.885. The zero-order chi connectivity index (χ0) is 13.4. The monoisotopic (exact) mass is 251 g/mol. The Balaban J connectivity index is 1.98.